The number of carbonyl (C=O) groups excluding carboxylic acids is 2. The highest BCUT2D eigenvalue weighted by Crippen LogP contribution is 2.17. The average molecular weight is 378 g/mol. The lowest BCUT2D eigenvalue weighted by Crippen LogP contribution is -2.27. The number of nitrogens with one attached hydrogen (secondary N) is 2. The fraction of sp³-hybridized carbons (Fsp3) is 0.318. The van der Waals surface area contributed by atoms with Gasteiger partial charge in [0.15, 0.2) is 0 Å². The van der Waals surface area contributed by atoms with Crippen molar-refractivity contribution in [2.75, 3.05) is 11.9 Å². The Bertz CT molecular complexity index is 1040. The number of fused-ring (bicyclic) bond motifs is 1. The molecule has 0 bridgehead atoms. The minimum Gasteiger partial charge on any atom is -0.351 e. The van der Waals surface area contributed by atoms with E-state index in [1.165, 1.54) is 0 Å². The number of anilines is 1. The van der Waals surface area contributed by atoms with Crippen molar-refractivity contribution in [1.82, 2.24) is 14.7 Å². The zero-order valence-electron chi connectivity index (χ0n) is 16.8. The number of hydrogen-bond acceptors (Lipinski definition) is 3. The largest absolute Gasteiger partial charge is 0.351 e. The normalized spacial score (nSPS) is 10.9. The van der Waals surface area contributed by atoms with Gasteiger partial charge in [-0.05, 0) is 57.4 Å². The lowest BCUT2D eigenvalue weighted by Gasteiger charge is -2.10. The Labute approximate surface area is 165 Å². The lowest BCUT2D eigenvalue weighted by atomic mass is 10.1. The molecule has 6 heteroatoms. The highest BCUT2D eigenvalue weighted by molar-refractivity contribution is 5.95. The third kappa shape index (κ3) is 4.22. The van der Waals surface area contributed by atoms with Crippen LogP contribution in [0.5, 0.6) is 0 Å². The average Bonchev–Trinajstić information content (AvgIpc) is 2.98. The summed E-state index contributed by atoms with van der Waals surface area (Å²) in [5.41, 5.74) is 6.08. The van der Waals surface area contributed by atoms with Gasteiger partial charge in [0.05, 0.1) is 5.69 Å². The Balaban J connectivity index is 1.53. The van der Waals surface area contributed by atoms with E-state index in [4.69, 9.17) is 0 Å². The Morgan fingerprint density at radius 2 is 1.86 bits per heavy atom. The van der Waals surface area contributed by atoms with Gasteiger partial charge in [-0.15, -0.1) is 0 Å². The summed E-state index contributed by atoms with van der Waals surface area (Å²) in [5.74, 6) is -0.229. The van der Waals surface area contributed by atoms with Crippen LogP contribution in [-0.4, -0.2) is 27.7 Å². The summed E-state index contributed by atoms with van der Waals surface area (Å²) in [5, 5.41) is 5.82. The van der Waals surface area contributed by atoms with Crippen LogP contribution >= 0.6 is 0 Å². The molecule has 0 aliphatic heterocycles. The Morgan fingerprint density at radius 3 is 2.61 bits per heavy atom. The van der Waals surface area contributed by atoms with E-state index in [9.17, 15) is 9.59 Å². The van der Waals surface area contributed by atoms with Crippen LogP contribution in [0.2, 0.25) is 0 Å². The number of imidazole rings is 1. The fourth-order valence-corrected chi connectivity index (χ4v) is 3.29. The first-order valence-electron chi connectivity index (χ1n) is 9.46. The van der Waals surface area contributed by atoms with Gasteiger partial charge in [-0.1, -0.05) is 23.8 Å². The second kappa shape index (κ2) is 8.25. The molecule has 2 heterocycles. The van der Waals surface area contributed by atoms with E-state index in [1.807, 2.05) is 68.6 Å². The summed E-state index contributed by atoms with van der Waals surface area (Å²) >= 11 is 0. The van der Waals surface area contributed by atoms with E-state index >= 15 is 0 Å². The number of carbonyl (C=O) groups is 2. The second-order valence-electron chi connectivity index (χ2n) is 7.16. The summed E-state index contributed by atoms with van der Waals surface area (Å²) in [6, 6.07) is 9.80. The van der Waals surface area contributed by atoms with Crippen molar-refractivity contribution >= 4 is 23.1 Å². The molecule has 0 aliphatic carbocycles. The first-order chi connectivity index (χ1) is 13.4. The van der Waals surface area contributed by atoms with Gasteiger partial charge in [-0.3, -0.25) is 14.0 Å². The standard InChI is InChI=1S/C22H26N4O2/c1-14-9-10-18(16(3)13-14)25-19(27)8-5-11-23-22(28)20-17(4)24-21-15(2)7-6-12-26(20)21/h6-7,9-10,12-13H,5,8,11H2,1-4H3,(H,23,28)(H,25,27). The quantitative estimate of drug-likeness (QED) is 0.642. The van der Waals surface area contributed by atoms with Crippen LogP contribution in [-0.2, 0) is 4.79 Å². The Hall–Kier alpha value is -3.15. The van der Waals surface area contributed by atoms with Crippen molar-refractivity contribution in [3.8, 4) is 0 Å². The molecular formula is C22H26N4O2. The summed E-state index contributed by atoms with van der Waals surface area (Å²) in [6.45, 7) is 8.23. The maximum absolute atomic E-state index is 12.6. The van der Waals surface area contributed by atoms with Gasteiger partial charge in [0.1, 0.15) is 11.3 Å². The number of pyridine rings is 1. The molecule has 2 aromatic heterocycles. The van der Waals surface area contributed by atoms with E-state index in [-0.39, 0.29) is 11.8 Å². The van der Waals surface area contributed by atoms with Crippen molar-refractivity contribution < 1.29 is 9.59 Å². The monoisotopic (exact) mass is 378 g/mol. The molecule has 0 saturated carbocycles. The number of hydrogen-bond donors (Lipinski definition) is 2. The number of nitrogens with zero attached hydrogens (tertiary/aromatic N) is 2. The molecule has 0 atom stereocenters. The molecule has 0 fully saturated rings. The van der Waals surface area contributed by atoms with E-state index in [0.717, 1.165) is 28.0 Å². The van der Waals surface area contributed by atoms with E-state index in [0.29, 0.717) is 30.8 Å². The second-order valence-corrected chi connectivity index (χ2v) is 7.16. The van der Waals surface area contributed by atoms with E-state index in [1.54, 1.807) is 0 Å². The molecule has 1 aromatic carbocycles. The number of aryl methyl sites for hydroxylation is 4. The van der Waals surface area contributed by atoms with Gasteiger partial charge in [0.25, 0.3) is 5.91 Å². The first-order valence-corrected chi connectivity index (χ1v) is 9.46. The zero-order chi connectivity index (χ0) is 20.3. The number of amides is 2. The van der Waals surface area contributed by atoms with Crippen molar-refractivity contribution in [3.05, 3.63) is 64.6 Å². The maximum Gasteiger partial charge on any atom is 0.270 e. The molecule has 3 aromatic rings. The predicted octanol–water partition coefficient (Wildman–Crippen LogP) is 3.72. The number of rotatable bonds is 6. The van der Waals surface area contributed by atoms with Crippen molar-refractivity contribution in [2.45, 2.75) is 40.5 Å². The minimum atomic E-state index is -0.176. The van der Waals surface area contributed by atoms with Gasteiger partial charge in [-0.2, -0.15) is 0 Å². The Morgan fingerprint density at radius 1 is 1.07 bits per heavy atom. The molecule has 0 unspecified atom stereocenters. The van der Waals surface area contributed by atoms with E-state index < -0.39 is 0 Å². The molecule has 0 saturated heterocycles. The fourth-order valence-electron chi connectivity index (χ4n) is 3.29. The maximum atomic E-state index is 12.6. The van der Waals surface area contributed by atoms with E-state index in [2.05, 4.69) is 15.6 Å². The van der Waals surface area contributed by atoms with Crippen LogP contribution in [0, 0.1) is 27.7 Å². The molecule has 28 heavy (non-hydrogen) atoms. The van der Waals surface area contributed by atoms with Crippen molar-refractivity contribution in [1.29, 1.82) is 0 Å². The van der Waals surface area contributed by atoms with Crippen LogP contribution in [0.3, 0.4) is 0 Å². The molecule has 146 valence electrons. The zero-order valence-corrected chi connectivity index (χ0v) is 16.8. The SMILES string of the molecule is Cc1ccc(NC(=O)CCCNC(=O)c2c(C)nc3c(C)cccn23)c(C)c1. The van der Waals surface area contributed by atoms with Crippen LogP contribution in [0.1, 0.15) is 45.7 Å². The molecule has 0 radical (unpaired) electrons. The Kier molecular flexibility index (Phi) is 5.78. The lowest BCUT2D eigenvalue weighted by molar-refractivity contribution is -0.116. The molecule has 0 aliphatic rings. The van der Waals surface area contributed by atoms with Crippen LogP contribution < -0.4 is 10.6 Å². The topological polar surface area (TPSA) is 75.5 Å². The summed E-state index contributed by atoms with van der Waals surface area (Å²) < 4.78 is 1.81. The van der Waals surface area contributed by atoms with Crippen molar-refractivity contribution in [2.24, 2.45) is 0 Å². The molecule has 2 amide bonds. The molecule has 0 spiro atoms. The smallest absolute Gasteiger partial charge is 0.270 e. The minimum absolute atomic E-state index is 0.0530. The number of aromatic nitrogens is 2. The first kappa shape index (κ1) is 19.6. The third-order valence-corrected chi connectivity index (χ3v) is 4.76. The highest BCUT2D eigenvalue weighted by Gasteiger charge is 2.17. The van der Waals surface area contributed by atoms with Gasteiger partial charge < -0.3 is 10.6 Å². The third-order valence-electron chi connectivity index (χ3n) is 4.76. The van der Waals surface area contributed by atoms with Gasteiger partial charge in [0.2, 0.25) is 5.91 Å². The van der Waals surface area contributed by atoms with Crippen LogP contribution in [0.4, 0.5) is 5.69 Å². The predicted molar refractivity (Wildman–Crippen MR) is 111 cm³/mol. The van der Waals surface area contributed by atoms with Crippen molar-refractivity contribution in [3.63, 3.8) is 0 Å². The summed E-state index contributed by atoms with van der Waals surface area (Å²) in [4.78, 5) is 29.2. The number of benzene rings is 1. The molecular weight excluding hydrogens is 352 g/mol. The highest BCUT2D eigenvalue weighted by atomic mass is 16.2. The molecule has 3 rings (SSSR count). The summed E-state index contributed by atoms with van der Waals surface area (Å²) in [6.07, 6.45) is 2.75. The summed E-state index contributed by atoms with van der Waals surface area (Å²) in [7, 11) is 0. The molecule has 2 N–H and O–H groups in total. The van der Waals surface area contributed by atoms with Crippen LogP contribution in [0.15, 0.2) is 36.5 Å². The molecule has 6 nitrogen and oxygen atoms in total. The van der Waals surface area contributed by atoms with Gasteiger partial charge in [-0.25, -0.2) is 4.98 Å². The van der Waals surface area contributed by atoms with Gasteiger partial charge in [0, 0.05) is 24.8 Å². The van der Waals surface area contributed by atoms with Gasteiger partial charge >= 0.3 is 0 Å². The van der Waals surface area contributed by atoms with Crippen LogP contribution in [0.25, 0.3) is 5.65 Å².